The number of benzene rings is 3. The van der Waals surface area contributed by atoms with E-state index in [2.05, 4.69) is 17.1 Å². The zero-order chi connectivity index (χ0) is 31.7. The van der Waals surface area contributed by atoms with Crippen LogP contribution in [0.2, 0.25) is 10.0 Å². The van der Waals surface area contributed by atoms with Crippen LogP contribution in [0.1, 0.15) is 55.0 Å². The summed E-state index contributed by atoms with van der Waals surface area (Å²) >= 11 is 15.0. The molecule has 3 heterocycles. The van der Waals surface area contributed by atoms with E-state index in [1.54, 1.807) is 36.4 Å². The van der Waals surface area contributed by atoms with Crippen molar-refractivity contribution in [1.82, 2.24) is 10.2 Å². The molecular formula is C33H29Cl2N3O5S2. The fraction of sp³-hybridized carbons (Fsp3) is 0.273. The van der Waals surface area contributed by atoms with Crippen LogP contribution >= 0.6 is 46.3 Å². The van der Waals surface area contributed by atoms with E-state index in [-0.39, 0.29) is 22.6 Å². The summed E-state index contributed by atoms with van der Waals surface area (Å²) in [5, 5.41) is 21.6. The molecule has 0 saturated carbocycles. The van der Waals surface area contributed by atoms with Gasteiger partial charge in [-0.1, -0.05) is 77.8 Å². The van der Waals surface area contributed by atoms with Crippen molar-refractivity contribution < 1.29 is 24.2 Å². The van der Waals surface area contributed by atoms with E-state index in [1.807, 2.05) is 31.2 Å². The number of aliphatic hydroxyl groups excluding tert-OH is 1. The Labute approximate surface area is 279 Å². The normalized spacial score (nSPS) is 18.7. The van der Waals surface area contributed by atoms with Gasteiger partial charge >= 0.3 is 5.91 Å². The topological polar surface area (TPSA) is 102 Å². The standard InChI is InChI=1S/C33H29Cl2N3O5S2/c1-3-4-12-42-24-7-5-6-19(15-24)28-27(29(39)20-9-11-26-22(14-20)13-18(2)43-26)30(40)31(41)38(28)32-36-37-33(45-32)44-17-21-8-10-23(34)16-25(21)35/h5-11,14-16,18,28,39H,3-4,12-13,17H2,1-2H3/b29-27-. The zero-order valence-electron chi connectivity index (χ0n) is 24.5. The van der Waals surface area contributed by atoms with E-state index in [4.69, 9.17) is 32.7 Å². The van der Waals surface area contributed by atoms with Gasteiger partial charge in [-0.05, 0) is 72.5 Å². The summed E-state index contributed by atoms with van der Waals surface area (Å²) in [7, 11) is 0. The van der Waals surface area contributed by atoms with Gasteiger partial charge in [0.2, 0.25) is 5.13 Å². The number of unbranched alkanes of at least 4 members (excludes halogenated alkanes) is 1. The molecule has 6 rings (SSSR count). The molecule has 4 aromatic rings. The minimum Gasteiger partial charge on any atom is -0.507 e. The third-order valence-corrected chi connectivity index (χ3v) is 10.2. The minimum atomic E-state index is -0.959. The lowest BCUT2D eigenvalue weighted by molar-refractivity contribution is -0.132. The van der Waals surface area contributed by atoms with E-state index in [0.717, 1.165) is 29.7 Å². The molecule has 12 heteroatoms. The molecule has 232 valence electrons. The third-order valence-electron chi connectivity index (χ3n) is 7.52. The highest BCUT2D eigenvalue weighted by atomic mass is 35.5. The van der Waals surface area contributed by atoms with Crippen molar-refractivity contribution in [2.24, 2.45) is 0 Å². The number of hydrogen-bond donors (Lipinski definition) is 1. The molecule has 2 unspecified atom stereocenters. The maximum Gasteiger partial charge on any atom is 0.301 e. The molecule has 0 spiro atoms. The van der Waals surface area contributed by atoms with Crippen LogP contribution in [0.4, 0.5) is 5.13 Å². The molecule has 3 aromatic carbocycles. The van der Waals surface area contributed by atoms with E-state index in [9.17, 15) is 14.7 Å². The van der Waals surface area contributed by atoms with Gasteiger partial charge in [-0.25, -0.2) is 0 Å². The van der Waals surface area contributed by atoms with Crippen LogP contribution in [0, 0.1) is 0 Å². The first-order valence-electron chi connectivity index (χ1n) is 14.5. The van der Waals surface area contributed by atoms with Crippen molar-refractivity contribution in [2.45, 2.75) is 55.3 Å². The molecule has 1 N–H and O–H groups in total. The number of ether oxygens (including phenoxy) is 2. The Morgan fingerprint density at radius 1 is 1.13 bits per heavy atom. The second kappa shape index (κ2) is 13.4. The lowest BCUT2D eigenvalue weighted by Crippen LogP contribution is -2.29. The smallest absolute Gasteiger partial charge is 0.301 e. The number of halogens is 2. The number of thioether (sulfide) groups is 1. The molecular weight excluding hydrogens is 653 g/mol. The highest BCUT2D eigenvalue weighted by Crippen LogP contribution is 2.45. The van der Waals surface area contributed by atoms with E-state index in [0.29, 0.717) is 50.0 Å². The van der Waals surface area contributed by atoms with Gasteiger partial charge in [0.25, 0.3) is 5.78 Å². The number of rotatable bonds is 10. The fourth-order valence-corrected chi connectivity index (χ4v) is 7.74. The first-order valence-corrected chi connectivity index (χ1v) is 17.0. The summed E-state index contributed by atoms with van der Waals surface area (Å²) < 4.78 is 12.3. The van der Waals surface area contributed by atoms with Gasteiger partial charge in [0.1, 0.15) is 23.4 Å². The molecule has 1 amide bonds. The summed E-state index contributed by atoms with van der Waals surface area (Å²) in [6.45, 7) is 4.58. The molecule has 1 saturated heterocycles. The number of aliphatic hydroxyl groups is 1. The predicted octanol–water partition coefficient (Wildman–Crippen LogP) is 8.27. The Morgan fingerprint density at radius 3 is 2.78 bits per heavy atom. The maximum absolute atomic E-state index is 13.7. The first-order chi connectivity index (χ1) is 21.7. The lowest BCUT2D eigenvalue weighted by Gasteiger charge is -2.23. The molecule has 1 aromatic heterocycles. The Morgan fingerprint density at radius 2 is 1.98 bits per heavy atom. The quantitative estimate of drug-likeness (QED) is 0.0446. The second-order valence-corrected chi connectivity index (χ2v) is 13.8. The van der Waals surface area contributed by atoms with Gasteiger partial charge in [0, 0.05) is 27.8 Å². The molecule has 1 fully saturated rings. The van der Waals surface area contributed by atoms with Gasteiger partial charge in [-0.15, -0.1) is 10.2 Å². The molecule has 0 radical (unpaired) electrons. The monoisotopic (exact) mass is 681 g/mol. The van der Waals surface area contributed by atoms with Gasteiger partial charge in [-0.2, -0.15) is 0 Å². The fourth-order valence-electron chi connectivity index (χ4n) is 5.32. The summed E-state index contributed by atoms with van der Waals surface area (Å²) in [6, 6.07) is 16.9. The van der Waals surface area contributed by atoms with Crippen molar-refractivity contribution in [3.63, 3.8) is 0 Å². The van der Waals surface area contributed by atoms with Crippen LogP contribution in [-0.2, 0) is 21.8 Å². The molecule has 2 atom stereocenters. The van der Waals surface area contributed by atoms with E-state index < -0.39 is 17.7 Å². The number of amides is 1. The van der Waals surface area contributed by atoms with Crippen molar-refractivity contribution in [1.29, 1.82) is 0 Å². The number of fused-ring (bicyclic) bond motifs is 1. The number of carbonyl (C=O) groups excluding carboxylic acids is 2. The van der Waals surface area contributed by atoms with Crippen LogP contribution in [0.25, 0.3) is 5.76 Å². The van der Waals surface area contributed by atoms with Crippen molar-refractivity contribution in [3.8, 4) is 11.5 Å². The minimum absolute atomic E-state index is 0.0126. The summed E-state index contributed by atoms with van der Waals surface area (Å²) in [5.74, 6) is -0.0278. The number of nitrogens with zero attached hydrogens (tertiary/aromatic N) is 3. The molecule has 2 aliphatic heterocycles. The Hall–Kier alpha value is -3.57. The highest BCUT2D eigenvalue weighted by molar-refractivity contribution is 8.00. The van der Waals surface area contributed by atoms with Crippen LogP contribution in [0.15, 0.2) is 70.6 Å². The lowest BCUT2D eigenvalue weighted by atomic mass is 9.94. The van der Waals surface area contributed by atoms with Gasteiger partial charge in [0.05, 0.1) is 18.2 Å². The second-order valence-electron chi connectivity index (χ2n) is 10.8. The number of ketones is 1. The van der Waals surface area contributed by atoms with E-state index >= 15 is 0 Å². The molecule has 0 aliphatic carbocycles. The zero-order valence-corrected chi connectivity index (χ0v) is 27.6. The SMILES string of the molecule is CCCCOc1cccc(C2/C(=C(/O)c3ccc4c(c3)CC(C)O4)C(=O)C(=O)N2c2nnc(SCc3ccc(Cl)cc3Cl)s2)c1. The predicted molar refractivity (Wildman–Crippen MR) is 178 cm³/mol. The van der Waals surface area contributed by atoms with Crippen molar-refractivity contribution >= 4 is 68.9 Å². The Balaban J connectivity index is 1.38. The maximum atomic E-state index is 13.7. The number of hydrogen-bond acceptors (Lipinski definition) is 9. The number of anilines is 1. The van der Waals surface area contributed by atoms with Gasteiger partial charge in [0.15, 0.2) is 4.34 Å². The largest absolute Gasteiger partial charge is 0.507 e. The average Bonchev–Trinajstić information content (AvgIpc) is 3.71. The number of aromatic nitrogens is 2. The first kappa shape index (κ1) is 31.4. The third kappa shape index (κ3) is 6.56. The molecule has 2 aliphatic rings. The summed E-state index contributed by atoms with van der Waals surface area (Å²) in [5.41, 5.74) is 2.79. The van der Waals surface area contributed by atoms with E-state index in [1.165, 1.54) is 28.0 Å². The number of Topliss-reactive ketones (excluding diaryl/α,β-unsaturated/α-hetero) is 1. The molecule has 45 heavy (non-hydrogen) atoms. The average molecular weight is 683 g/mol. The Bertz CT molecular complexity index is 1810. The summed E-state index contributed by atoms with van der Waals surface area (Å²) in [6.07, 6.45) is 2.55. The number of carbonyl (C=O) groups is 2. The van der Waals surface area contributed by atoms with Crippen molar-refractivity contribution in [3.05, 3.63) is 98.5 Å². The van der Waals surface area contributed by atoms with Gasteiger partial charge in [-0.3, -0.25) is 14.5 Å². The van der Waals surface area contributed by atoms with Crippen LogP contribution in [0.5, 0.6) is 11.5 Å². The van der Waals surface area contributed by atoms with Crippen LogP contribution < -0.4 is 14.4 Å². The molecule has 0 bridgehead atoms. The Kier molecular flexibility index (Phi) is 9.37. The van der Waals surface area contributed by atoms with Crippen LogP contribution in [0.3, 0.4) is 0 Å². The summed E-state index contributed by atoms with van der Waals surface area (Å²) in [4.78, 5) is 28.7. The van der Waals surface area contributed by atoms with Crippen LogP contribution in [-0.4, -0.2) is 39.7 Å². The molecule has 8 nitrogen and oxygen atoms in total. The van der Waals surface area contributed by atoms with Gasteiger partial charge < -0.3 is 14.6 Å². The van der Waals surface area contributed by atoms with Crippen molar-refractivity contribution in [2.75, 3.05) is 11.5 Å². The highest BCUT2D eigenvalue weighted by Gasteiger charge is 2.48.